The summed E-state index contributed by atoms with van der Waals surface area (Å²) >= 11 is 0. The Hall–Kier alpha value is -2.43. The molecule has 0 saturated heterocycles. The van der Waals surface area contributed by atoms with E-state index < -0.39 is 11.9 Å². The van der Waals surface area contributed by atoms with Crippen molar-refractivity contribution in [3.05, 3.63) is 29.3 Å². The molecule has 0 amide bonds. The van der Waals surface area contributed by atoms with Gasteiger partial charge in [-0.25, -0.2) is 0 Å². The van der Waals surface area contributed by atoms with Crippen LogP contribution in [0.2, 0.25) is 0 Å². The monoisotopic (exact) mass is 368 g/mol. The van der Waals surface area contributed by atoms with Gasteiger partial charge >= 0.3 is 11.9 Å². The Labute approximate surface area is 158 Å². The minimum absolute atomic E-state index is 0.234. The number of ether oxygens (including phenoxy) is 2. The molecule has 0 aromatic heterocycles. The average Bonchev–Trinajstić information content (AvgIpc) is 2.91. The number of rotatable bonds is 2. The molecule has 0 aliphatic heterocycles. The number of Topliss-reactive ketones (excluding diaryl/α,β-unsaturated/α-hetero) is 1. The SMILES string of the molecule is CC(=O)Oc1ccc2c(c1OC(C)=O)CCC1C2=CC[C@]2(C)C(=O)CCC12. The third-order valence-electron chi connectivity index (χ3n) is 6.51. The van der Waals surface area contributed by atoms with E-state index in [0.717, 1.165) is 36.8 Å². The van der Waals surface area contributed by atoms with Gasteiger partial charge in [0.05, 0.1) is 0 Å². The van der Waals surface area contributed by atoms with Crippen molar-refractivity contribution < 1.29 is 23.9 Å². The van der Waals surface area contributed by atoms with E-state index in [1.54, 1.807) is 6.07 Å². The minimum atomic E-state index is -0.450. The standard InChI is InChI=1S/C22H24O5/c1-12(23)26-19-8-6-14-15-10-11-22(3)18(7-9-20(22)25)16(15)4-5-17(14)21(19)27-13(2)24/h6,8,10,16,18H,4-5,7,9,11H2,1-3H3/t16?,18?,22-/m0/s1. The predicted molar refractivity (Wildman–Crippen MR) is 99.3 cm³/mol. The summed E-state index contributed by atoms with van der Waals surface area (Å²) in [5, 5.41) is 0. The third-order valence-corrected chi connectivity index (χ3v) is 6.51. The Balaban J connectivity index is 1.80. The zero-order valence-electron chi connectivity index (χ0n) is 16.0. The largest absolute Gasteiger partial charge is 0.423 e. The molecule has 5 nitrogen and oxygen atoms in total. The van der Waals surface area contributed by atoms with Crippen molar-refractivity contribution in [1.82, 2.24) is 0 Å². The first-order valence-corrected chi connectivity index (χ1v) is 9.57. The second-order valence-corrected chi connectivity index (χ2v) is 8.10. The fourth-order valence-electron chi connectivity index (χ4n) is 5.28. The van der Waals surface area contributed by atoms with Gasteiger partial charge in [0.15, 0.2) is 11.5 Å². The summed E-state index contributed by atoms with van der Waals surface area (Å²) in [7, 11) is 0. The van der Waals surface area contributed by atoms with E-state index in [4.69, 9.17) is 9.47 Å². The maximum atomic E-state index is 12.4. The molecule has 1 aromatic carbocycles. The quantitative estimate of drug-likeness (QED) is 0.585. The zero-order chi connectivity index (χ0) is 19.3. The molecular weight excluding hydrogens is 344 g/mol. The van der Waals surface area contributed by atoms with Gasteiger partial charge in [-0.2, -0.15) is 0 Å². The Morgan fingerprint density at radius 2 is 1.81 bits per heavy atom. The second kappa shape index (κ2) is 6.32. The van der Waals surface area contributed by atoms with Gasteiger partial charge in [-0.05, 0) is 54.7 Å². The molecule has 0 bridgehead atoms. The van der Waals surface area contributed by atoms with E-state index in [1.165, 1.54) is 19.4 Å². The number of benzene rings is 1. The maximum absolute atomic E-state index is 12.4. The maximum Gasteiger partial charge on any atom is 0.308 e. The number of hydrogen-bond acceptors (Lipinski definition) is 5. The number of esters is 2. The van der Waals surface area contributed by atoms with Gasteiger partial charge in [0.1, 0.15) is 5.78 Å². The Kier molecular flexibility index (Phi) is 4.21. The van der Waals surface area contributed by atoms with Crippen LogP contribution in [-0.4, -0.2) is 17.7 Å². The van der Waals surface area contributed by atoms with Crippen molar-refractivity contribution in [2.45, 2.75) is 52.9 Å². The second-order valence-electron chi connectivity index (χ2n) is 8.10. The van der Waals surface area contributed by atoms with Gasteiger partial charge in [0.25, 0.3) is 0 Å². The van der Waals surface area contributed by atoms with Crippen LogP contribution in [0.1, 0.15) is 57.6 Å². The predicted octanol–water partition coefficient (Wildman–Crippen LogP) is 3.87. The van der Waals surface area contributed by atoms with Crippen LogP contribution in [0.25, 0.3) is 5.57 Å². The van der Waals surface area contributed by atoms with E-state index in [9.17, 15) is 14.4 Å². The lowest BCUT2D eigenvalue weighted by Gasteiger charge is -2.43. The van der Waals surface area contributed by atoms with Crippen LogP contribution < -0.4 is 9.47 Å². The Morgan fingerprint density at radius 1 is 1.07 bits per heavy atom. The highest BCUT2D eigenvalue weighted by Gasteiger charge is 2.52. The number of allylic oxidation sites excluding steroid dienone is 2. The van der Waals surface area contributed by atoms with Gasteiger partial charge < -0.3 is 9.47 Å². The van der Waals surface area contributed by atoms with Gasteiger partial charge in [-0.3, -0.25) is 14.4 Å². The first-order valence-electron chi connectivity index (χ1n) is 9.57. The van der Waals surface area contributed by atoms with Gasteiger partial charge in [-0.1, -0.05) is 19.1 Å². The van der Waals surface area contributed by atoms with Gasteiger partial charge in [-0.15, -0.1) is 0 Å². The first-order chi connectivity index (χ1) is 12.8. The molecule has 3 aliphatic rings. The lowest BCUT2D eigenvalue weighted by Crippen LogP contribution is -2.38. The molecule has 1 fully saturated rings. The molecule has 0 N–H and O–H groups in total. The molecule has 27 heavy (non-hydrogen) atoms. The number of carbonyl (C=O) groups excluding carboxylic acids is 3. The molecule has 2 unspecified atom stereocenters. The van der Waals surface area contributed by atoms with E-state index in [1.807, 2.05) is 6.07 Å². The van der Waals surface area contributed by atoms with Crippen molar-refractivity contribution >= 4 is 23.3 Å². The lowest BCUT2D eigenvalue weighted by molar-refractivity contribution is -0.134. The summed E-state index contributed by atoms with van der Waals surface area (Å²) in [5.41, 5.74) is 2.98. The van der Waals surface area contributed by atoms with E-state index in [0.29, 0.717) is 29.8 Å². The summed E-state index contributed by atoms with van der Waals surface area (Å²) < 4.78 is 10.7. The molecule has 3 aliphatic carbocycles. The van der Waals surface area contributed by atoms with Crippen molar-refractivity contribution in [2.24, 2.45) is 17.3 Å². The van der Waals surface area contributed by atoms with Crippen LogP contribution in [0.3, 0.4) is 0 Å². The molecular formula is C22H24O5. The minimum Gasteiger partial charge on any atom is -0.423 e. The van der Waals surface area contributed by atoms with Crippen molar-refractivity contribution in [2.75, 3.05) is 0 Å². The first kappa shape index (κ1) is 18.0. The zero-order valence-corrected chi connectivity index (χ0v) is 16.0. The molecule has 1 saturated carbocycles. The van der Waals surface area contributed by atoms with E-state index >= 15 is 0 Å². The molecule has 3 atom stereocenters. The van der Waals surface area contributed by atoms with Crippen molar-refractivity contribution in [3.63, 3.8) is 0 Å². The summed E-state index contributed by atoms with van der Waals surface area (Å²) in [6, 6.07) is 3.66. The van der Waals surface area contributed by atoms with Crippen LogP contribution in [0.15, 0.2) is 18.2 Å². The molecule has 1 aromatic rings. The van der Waals surface area contributed by atoms with E-state index in [-0.39, 0.29) is 11.2 Å². The highest BCUT2D eigenvalue weighted by Crippen LogP contribution is 2.58. The molecule has 0 radical (unpaired) electrons. The summed E-state index contributed by atoms with van der Waals surface area (Å²) in [4.78, 5) is 35.5. The molecule has 0 spiro atoms. The number of carbonyl (C=O) groups is 3. The van der Waals surface area contributed by atoms with E-state index in [2.05, 4.69) is 13.0 Å². The fraction of sp³-hybridized carbons (Fsp3) is 0.500. The van der Waals surface area contributed by atoms with Crippen LogP contribution in [0.4, 0.5) is 0 Å². The topological polar surface area (TPSA) is 69.7 Å². The van der Waals surface area contributed by atoms with Crippen LogP contribution in [0, 0.1) is 17.3 Å². The molecule has 4 rings (SSSR count). The normalized spacial score (nSPS) is 28.6. The Bertz CT molecular complexity index is 881. The molecule has 0 heterocycles. The Morgan fingerprint density at radius 3 is 2.52 bits per heavy atom. The van der Waals surface area contributed by atoms with Crippen molar-refractivity contribution in [3.8, 4) is 11.5 Å². The molecule has 5 heteroatoms. The number of ketones is 1. The third kappa shape index (κ3) is 2.80. The van der Waals surface area contributed by atoms with Gasteiger partial charge in [0, 0.05) is 31.2 Å². The number of fused-ring (bicyclic) bond motifs is 5. The summed E-state index contributed by atoms with van der Waals surface area (Å²) in [6.07, 6.45) is 6.23. The highest BCUT2D eigenvalue weighted by atomic mass is 16.6. The summed E-state index contributed by atoms with van der Waals surface area (Å²) in [5.74, 6) is 0.868. The van der Waals surface area contributed by atoms with Crippen LogP contribution in [0.5, 0.6) is 11.5 Å². The van der Waals surface area contributed by atoms with Crippen LogP contribution in [-0.2, 0) is 20.8 Å². The average molecular weight is 368 g/mol. The van der Waals surface area contributed by atoms with Gasteiger partial charge in [0.2, 0.25) is 0 Å². The number of hydrogen-bond donors (Lipinski definition) is 0. The smallest absolute Gasteiger partial charge is 0.308 e. The highest BCUT2D eigenvalue weighted by molar-refractivity contribution is 5.90. The van der Waals surface area contributed by atoms with Crippen LogP contribution >= 0.6 is 0 Å². The lowest BCUT2D eigenvalue weighted by atomic mass is 9.60. The fourth-order valence-corrected chi connectivity index (χ4v) is 5.28. The summed E-state index contributed by atoms with van der Waals surface area (Å²) in [6.45, 7) is 4.79. The molecule has 142 valence electrons. The van der Waals surface area contributed by atoms with Crippen molar-refractivity contribution in [1.29, 1.82) is 0 Å².